The molecule has 0 spiro atoms. The van der Waals surface area contributed by atoms with Gasteiger partial charge < -0.3 is 0 Å². The summed E-state index contributed by atoms with van der Waals surface area (Å²) < 4.78 is 23.5. The molecule has 1 fully saturated rings. The van der Waals surface area contributed by atoms with Gasteiger partial charge >= 0.3 is 0 Å². The van der Waals surface area contributed by atoms with Gasteiger partial charge in [-0.05, 0) is 25.2 Å². The van der Waals surface area contributed by atoms with Gasteiger partial charge in [0.25, 0.3) is 0 Å². The summed E-state index contributed by atoms with van der Waals surface area (Å²) in [5.41, 5.74) is 0. The monoisotopic (exact) mass is 204 g/mol. The van der Waals surface area contributed by atoms with Crippen molar-refractivity contribution in [1.29, 1.82) is 0 Å². The van der Waals surface area contributed by atoms with Crippen LogP contribution in [0.15, 0.2) is 0 Å². The molecule has 0 saturated heterocycles. The van der Waals surface area contributed by atoms with Crippen LogP contribution in [0.25, 0.3) is 0 Å². The molecule has 0 atom stereocenters. The normalized spacial score (nSPS) is 19.9. The molecule has 0 heterocycles. The van der Waals surface area contributed by atoms with E-state index in [0.717, 1.165) is 32.1 Å². The van der Waals surface area contributed by atoms with Crippen LogP contribution >= 0.6 is 0 Å². The lowest BCUT2D eigenvalue weighted by atomic mass is 10.2. The molecule has 3 heteroatoms. The Morgan fingerprint density at radius 3 is 2.23 bits per heavy atom. The smallest absolute Gasteiger partial charge is 0.153 e. The van der Waals surface area contributed by atoms with Gasteiger partial charge in [-0.3, -0.25) is 0 Å². The Morgan fingerprint density at radius 2 is 1.77 bits per heavy atom. The standard InChI is InChI=1S/C10H20O2S/c1-9(2)7-8-13(11,12)10-5-3-4-6-10/h9-10H,3-8H2,1-2H3. The van der Waals surface area contributed by atoms with Crippen molar-refractivity contribution in [2.24, 2.45) is 5.92 Å². The first-order valence-corrected chi connectivity index (χ1v) is 6.95. The Hall–Kier alpha value is -0.0500. The lowest BCUT2D eigenvalue weighted by Crippen LogP contribution is -2.21. The second-order valence-corrected chi connectivity index (χ2v) is 6.86. The van der Waals surface area contributed by atoms with E-state index in [-0.39, 0.29) is 5.25 Å². The Kier molecular flexibility index (Phi) is 3.77. The van der Waals surface area contributed by atoms with Gasteiger partial charge in [-0.15, -0.1) is 0 Å². The lowest BCUT2D eigenvalue weighted by Gasteiger charge is -2.11. The summed E-state index contributed by atoms with van der Waals surface area (Å²) in [6, 6.07) is 0. The minimum atomic E-state index is -2.76. The van der Waals surface area contributed by atoms with Crippen LogP contribution in [0.2, 0.25) is 0 Å². The van der Waals surface area contributed by atoms with E-state index in [4.69, 9.17) is 0 Å². The Labute approximate surface area is 81.6 Å². The third-order valence-corrected chi connectivity index (χ3v) is 5.08. The van der Waals surface area contributed by atoms with Gasteiger partial charge in [0.05, 0.1) is 11.0 Å². The van der Waals surface area contributed by atoms with Crippen LogP contribution in [0.3, 0.4) is 0 Å². The van der Waals surface area contributed by atoms with Crippen LogP contribution in [0.4, 0.5) is 0 Å². The fourth-order valence-corrected chi connectivity index (χ4v) is 4.00. The van der Waals surface area contributed by atoms with Gasteiger partial charge in [-0.1, -0.05) is 26.7 Å². The number of hydrogen-bond donors (Lipinski definition) is 0. The molecule has 1 aliphatic carbocycles. The minimum absolute atomic E-state index is 0.00810. The first-order valence-electron chi connectivity index (χ1n) is 5.24. The zero-order valence-electron chi connectivity index (χ0n) is 8.62. The first kappa shape index (κ1) is 11.0. The Balaban J connectivity index is 2.45. The second-order valence-electron chi connectivity index (χ2n) is 4.46. The largest absolute Gasteiger partial charge is 0.229 e. The predicted molar refractivity (Wildman–Crippen MR) is 55.5 cm³/mol. The van der Waals surface area contributed by atoms with Crippen LogP contribution in [-0.2, 0) is 9.84 Å². The molecule has 1 aliphatic rings. The second kappa shape index (κ2) is 4.45. The lowest BCUT2D eigenvalue weighted by molar-refractivity contribution is 0.560. The van der Waals surface area contributed by atoms with Crippen LogP contribution in [0.1, 0.15) is 46.0 Å². The molecule has 0 N–H and O–H groups in total. The summed E-state index contributed by atoms with van der Waals surface area (Å²) in [5, 5.41) is -0.00810. The molecule has 78 valence electrons. The van der Waals surface area contributed by atoms with E-state index in [1.165, 1.54) is 0 Å². The van der Waals surface area contributed by atoms with Crippen molar-refractivity contribution in [3.05, 3.63) is 0 Å². The van der Waals surface area contributed by atoms with E-state index in [1.807, 2.05) is 0 Å². The molecule has 13 heavy (non-hydrogen) atoms. The van der Waals surface area contributed by atoms with Crippen molar-refractivity contribution in [3.8, 4) is 0 Å². The molecule has 0 aromatic carbocycles. The highest BCUT2D eigenvalue weighted by molar-refractivity contribution is 7.92. The van der Waals surface area contributed by atoms with Gasteiger partial charge in [0, 0.05) is 0 Å². The fraction of sp³-hybridized carbons (Fsp3) is 1.00. The third kappa shape index (κ3) is 3.29. The van der Waals surface area contributed by atoms with Gasteiger partial charge in [0.15, 0.2) is 9.84 Å². The maximum Gasteiger partial charge on any atom is 0.153 e. The highest BCUT2D eigenvalue weighted by Crippen LogP contribution is 2.25. The third-order valence-electron chi connectivity index (χ3n) is 2.79. The molecular weight excluding hydrogens is 184 g/mol. The summed E-state index contributed by atoms with van der Waals surface area (Å²) in [6.45, 7) is 4.15. The summed E-state index contributed by atoms with van der Waals surface area (Å²) in [6.07, 6.45) is 4.83. The van der Waals surface area contributed by atoms with E-state index in [1.54, 1.807) is 0 Å². The quantitative estimate of drug-likeness (QED) is 0.704. The summed E-state index contributed by atoms with van der Waals surface area (Å²) in [4.78, 5) is 0. The molecule has 1 rings (SSSR count). The van der Waals surface area contributed by atoms with E-state index in [9.17, 15) is 8.42 Å². The molecule has 0 bridgehead atoms. The molecule has 0 aromatic rings. The molecule has 0 aliphatic heterocycles. The predicted octanol–water partition coefficient (Wildman–Crippen LogP) is 2.39. The number of rotatable bonds is 4. The molecular formula is C10H20O2S. The average molecular weight is 204 g/mol. The van der Waals surface area contributed by atoms with E-state index in [2.05, 4.69) is 13.8 Å². The molecule has 2 nitrogen and oxygen atoms in total. The summed E-state index contributed by atoms with van der Waals surface area (Å²) in [7, 11) is -2.76. The molecule has 0 radical (unpaired) electrons. The highest BCUT2D eigenvalue weighted by atomic mass is 32.2. The first-order chi connectivity index (χ1) is 6.02. The average Bonchev–Trinajstić information content (AvgIpc) is 2.53. The van der Waals surface area contributed by atoms with Crippen molar-refractivity contribution >= 4 is 9.84 Å². The zero-order chi connectivity index (χ0) is 9.90. The van der Waals surface area contributed by atoms with E-state index in [0.29, 0.717) is 11.7 Å². The SMILES string of the molecule is CC(C)CCS(=O)(=O)C1CCCC1. The van der Waals surface area contributed by atoms with Crippen LogP contribution in [-0.4, -0.2) is 19.4 Å². The Morgan fingerprint density at radius 1 is 1.23 bits per heavy atom. The van der Waals surface area contributed by atoms with Gasteiger partial charge in [-0.25, -0.2) is 8.42 Å². The number of sulfone groups is 1. The maximum absolute atomic E-state index is 11.7. The van der Waals surface area contributed by atoms with Crippen molar-refractivity contribution in [3.63, 3.8) is 0 Å². The summed E-state index contributed by atoms with van der Waals surface area (Å²) >= 11 is 0. The molecule has 0 amide bonds. The minimum Gasteiger partial charge on any atom is -0.229 e. The van der Waals surface area contributed by atoms with Crippen molar-refractivity contribution in [2.75, 3.05) is 5.75 Å². The topological polar surface area (TPSA) is 34.1 Å². The highest BCUT2D eigenvalue weighted by Gasteiger charge is 2.28. The van der Waals surface area contributed by atoms with Crippen molar-refractivity contribution in [2.45, 2.75) is 51.2 Å². The van der Waals surface area contributed by atoms with Crippen LogP contribution in [0.5, 0.6) is 0 Å². The molecule has 0 unspecified atom stereocenters. The van der Waals surface area contributed by atoms with Crippen LogP contribution < -0.4 is 0 Å². The Bertz CT molecular complexity index is 236. The van der Waals surface area contributed by atoms with Gasteiger partial charge in [0.2, 0.25) is 0 Å². The van der Waals surface area contributed by atoms with Crippen LogP contribution in [0, 0.1) is 5.92 Å². The molecule has 1 saturated carbocycles. The molecule has 0 aromatic heterocycles. The summed E-state index contributed by atoms with van der Waals surface area (Å²) in [5.74, 6) is 0.895. The maximum atomic E-state index is 11.7. The van der Waals surface area contributed by atoms with Gasteiger partial charge in [0.1, 0.15) is 0 Å². The number of hydrogen-bond acceptors (Lipinski definition) is 2. The zero-order valence-corrected chi connectivity index (χ0v) is 9.44. The van der Waals surface area contributed by atoms with E-state index >= 15 is 0 Å². The van der Waals surface area contributed by atoms with E-state index < -0.39 is 9.84 Å². The van der Waals surface area contributed by atoms with Crippen molar-refractivity contribution in [1.82, 2.24) is 0 Å². The fourth-order valence-electron chi connectivity index (χ4n) is 1.81. The van der Waals surface area contributed by atoms with Gasteiger partial charge in [-0.2, -0.15) is 0 Å². The van der Waals surface area contributed by atoms with Crippen molar-refractivity contribution < 1.29 is 8.42 Å².